The first-order valence-electron chi connectivity index (χ1n) is 8.85. The maximum absolute atomic E-state index is 12.9. The van der Waals surface area contributed by atoms with Crippen LogP contribution in [0.5, 0.6) is 5.75 Å². The van der Waals surface area contributed by atoms with Gasteiger partial charge in [-0.1, -0.05) is 36.8 Å². The van der Waals surface area contributed by atoms with E-state index in [1.165, 1.54) is 26.2 Å². The monoisotopic (exact) mass is 438 g/mol. The van der Waals surface area contributed by atoms with Crippen molar-refractivity contribution in [1.82, 2.24) is 4.72 Å². The molecule has 10 heteroatoms. The number of anilines is 1. The molecular weight excluding hydrogens is 416 g/mol. The minimum atomic E-state index is -4.04. The highest BCUT2D eigenvalue weighted by Crippen LogP contribution is 2.33. The van der Waals surface area contributed by atoms with Gasteiger partial charge in [0, 0.05) is 6.54 Å². The van der Waals surface area contributed by atoms with E-state index in [4.69, 9.17) is 4.74 Å². The molecule has 1 unspecified atom stereocenters. The standard InChI is InChI=1S/C19H22N2O6S2/c1-13-4-6-15(7-5-13)11-20-29(25,26)18-10-16(8-9-17(18)27-3)21-19(22)14(2)12-28(21,23)24/h4-10,14,20H,11-12H2,1-3H3. The lowest BCUT2D eigenvalue weighted by Crippen LogP contribution is -2.31. The van der Waals surface area contributed by atoms with E-state index in [0.29, 0.717) is 4.31 Å². The van der Waals surface area contributed by atoms with E-state index < -0.39 is 31.9 Å². The summed E-state index contributed by atoms with van der Waals surface area (Å²) in [7, 11) is -6.58. The number of hydrogen-bond donors (Lipinski definition) is 1. The van der Waals surface area contributed by atoms with E-state index in [2.05, 4.69) is 4.72 Å². The molecule has 1 heterocycles. The first kappa shape index (κ1) is 21.3. The highest BCUT2D eigenvalue weighted by Gasteiger charge is 2.42. The summed E-state index contributed by atoms with van der Waals surface area (Å²) < 4.78 is 58.7. The lowest BCUT2D eigenvalue weighted by atomic mass is 10.2. The normalized spacial score (nSPS) is 18.8. The average Bonchev–Trinajstić information content (AvgIpc) is 2.87. The molecule has 8 nitrogen and oxygen atoms in total. The lowest BCUT2D eigenvalue weighted by molar-refractivity contribution is -0.119. The lowest BCUT2D eigenvalue weighted by Gasteiger charge is -2.18. The van der Waals surface area contributed by atoms with Crippen molar-refractivity contribution in [2.75, 3.05) is 17.2 Å². The Morgan fingerprint density at radius 3 is 2.38 bits per heavy atom. The summed E-state index contributed by atoms with van der Waals surface area (Å²) in [5.74, 6) is -1.55. The molecule has 29 heavy (non-hydrogen) atoms. The Morgan fingerprint density at radius 1 is 1.17 bits per heavy atom. The van der Waals surface area contributed by atoms with E-state index >= 15 is 0 Å². The molecular formula is C19H22N2O6S2. The van der Waals surface area contributed by atoms with Crippen LogP contribution >= 0.6 is 0 Å². The van der Waals surface area contributed by atoms with Gasteiger partial charge in [-0.2, -0.15) is 0 Å². The first-order chi connectivity index (χ1) is 13.5. The van der Waals surface area contributed by atoms with E-state index in [-0.39, 0.29) is 28.6 Å². The van der Waals surface area contributed by atoms with Crippen molar-refractivity contribution in [3.05, 3.63) is 53.6 Å². The molecule has 0 saturated carbocycles. The summed E-state index contributed by atoms with van der Waals surface area (Å²) in [6.45, 7) is 3.50. The third-order valence-corrected chi connectivity index (χ3v) is 7.91. The second-order valence-corrected chi connectivity index (χ2v) is 10.5. The van der Waals surface area contributed by atoms with Crippen LogP contribution in [0.1, 0.15) is 18.1 Å². The van der Waals surface area contributed by atoms with Gasteiger partial charge < -0.3 is 4.74 Å². The van der Waals surface area contributed by atoms with Gasteiger partial charge in [0.15, 0.2) is 0 Å². The molecule has 156 valence electrons. The number of benzene rings is 2. The zero-order valence-corrected chi connectivity index (χ0v) is 17.9. The summed E-state index contributed by atoms with van der Waals surface area (Å²) >= 11 is 0. The van der Waals surface area contributed by atoms with Gasteiger partial charge in [-0.25, -0.2) is 25.9 Å². The number of methoxy groups -OCH3 is 1. The van der Waals surface area contributed by atoms with Gasteiger partial charge in [0.25, 0.3) is 0 Å². The number of nitrogens with one attached hydrogen (secondary N) is 1. The predicted molar refractivity (Wildman–Crippen MR) is 109 cm³/mol. The molecule has 0 aromatic heterocycles. The Morgan fingerprint density at radius 2 is 1.83 bits per heavy atom. The van der Waals surface area contributed by atoms with Crippen molar-refractivity contribution < 1.29 is 26.4 Å². The van der Waals surface area contributed by atoms with Crippen LogP contribution in [-0.2, 0) is 31.4 Å². The van der Waals surface area contributed by atoms with Crippen LogP contribution in [0.25, 0.3) is 0 Å². The van der Waals surface area contributed by atoms with Crippen molar-refractivity contribution in [2.24, 2.45) is 5.92 Å². The average molecular weight is 439 g/mol. The Balaban J connectivity index is 1.96. The first-order valence-corrected chi connectivity index (χ1v) is 11.9. The summed E-state index contributed by atoms with van der Waals surface area (Å²) in [6.07, 6.45) is 0. The number of sulfonamides is 2. The highest BCUT2D eigenvalue weighted by molar-refractivity contribution is 7.94. The maximum Gasteiger partial charge on any atom is 0.244 e. The molecule has 1 fully saturated rings. The van der Waals surface area contributed by atoms with Gasteiger partial charge in [0.05, 0.1) is 24.5 Å². The largest absolute Gasteiger partial charge is 0.495 e. The van der Waals surface area contributed by atoms with Crippen molar-refractivity contribution in [3.8, 4) is 5.75 Å². The van der Waals surface area contributed by atoms with Crippen molar-refractivity contribution in [3.63, 3.8) is 0 Å². The van der Waals surface area contributed by atoms with Crippen molar-refractivity contribution in [2.45, 2.75) is 25.3 Å². The number of aryl methyl sites for hydroxylation is 1. The van der Waals surface area contributed by atoms with E-state index in [1.54, 1.807) is 0 Å². The van der Waals surface area contributed by atoms with Crippen LogP contribution < -0.4 is 13.8 Å². The number of rotatable bonds is 6. The predicted octanol–water partition coefficient (Wildman–Crippen LogP) is 1.79. The SMILES string of the molecule is COc1ccc(N2C(=O)C(C)CS2(=O)=O)cc1S(=O)(=O)NCc1ccc(C)cc1. The van der Waals surface area contributed by atoms with Crippen molar-refractivity contribution in [1.29, 1.82) is 0 Å². The molecule has 1 aliphatic rings. The third-order valence-electron chi connectivity index (χ3n) is 4.62. The molecule has 2 aromatic carbocycles. The molecule has 0 aliphatic carbocycles. The zero-order valence-electron chi connectivity index (χ0n) is 16.2. The van der Waals surface area contributed by atoms with Crippen LogP contribution in [0.2, 0.25) is 0 Å². The number of carbonyl (C=O) groups excluding carboxylic acids is 1. The second-order valence-electron chi connectivity index (χ2n) is 6.93. The van der Waals surface area contributed by atoms with Crippen LogP contribution in [0, 0.1) is 12.8 Å². The van der Waals surface area contributed by atoms with Gasteiger partial charge >= 0.3 is 0 Å². The quantitative estimate of drug-likeness (QED) is 0.736. The van der Waals surface area contributed by atoms with Crippen LogP contribution in [0.15, 0.2) is 47.4 Å². The molecule has 0 radical (unpaired) electrons. The molecule has 1 atom stereocenters. The molecule has 3 rings (SSSR count). The Kier molecular flexibility index (Phi) is 5.70. The van der Waals surface area contributed by atoms with E-state index in [9.17, 15) is 21.6 Å². The van der Waals surface area contributed by atoms with Gasteiger partial charge in [-0.05, 0) is 30.7 Å². The van der Waals surface area contributed by atoms with Gasteiger partial charge in [0.1, 0.15) is 10.6 Å². The van der Waals surface area contributed by atoms with Crippen LogP contribution in [0.4, 0.5) is 5.69 Å². The third kappa shape index (κ3) is 4.29. The zero-order chi connectivity index (χ0) is 21.4. The Labute approximate surface area is 170 Å². The molecule has 2 aromatic rings. The minimum absolute atomic E-state index is 0.0316. The van der Waals surface area contributed by atoms with Crippen LogP contribution in [-0.4, -0.2) is 35.6 Å². The fourth-order valence-corrected chi connectivity index (χ4v) is 6.07. The molecule has 1 N–H and O–H groups in total. The molecule has 1 aliphatic heterocycles. The molecule has 1 amide bonds. The van der Waals surface area contributed by atoms with E-state index in [0.717, 1.165) is 17.2 Å². The fourth-order valence-electron chi connectivity index (χ4n) is 3.05. The fraction of sp³-hybridized carbons (Fsp3) is 0.316. The second kappa shape index (κ2) is 7.77. The minimum Gasteiger partial charge on any atom is -0.495 e. The summed E-state index contributed by atoms with van der Waals surface area (Å²) in [5.41, 5.74) is 1.79. The summed E-state index contributed by atoms with van der Waals surface area (Å²) in [4.78, 5) is 12.1. The smallest absolute Gasteiger partial charge is 0.244 e. The number of nitrogens with zero attached hydrogens (tertiary/aromatic N) is 1. The van der Waals surface area contributed by atoms with Crippen LogP contribution in [0.3, 0.4) is 0 Å². The molecule has 0 bridgehead atoms. The summed E-state index contributed by atoms with van der Waals surface area (Å²) in [5, 5.41) is 0. The number of hydrogen-bond acceptors (Lipinski definition) is 6. The number of carbonyl (C=O) groups is 1. The number of ether oxygens (including phenoxy) is 1. The topological polar surface area (TPSA) is 110 Å². The van der Waals surface area contributed by atoms with Gasteiger partial charge in [-0.15, -0.1) is 0 Å². The Bertz CT molecular complexity index is 1140. The number of amides is 1. The van der Waals surface area contributed by atoms with E-state index in [1.807, 2.05) is 31.2 Å². The van der Waals surface area contributed by atoms with Gasteiger partial charge in [0.2, 0.25) is 26.0 Å². The molecule has 0 spiro atoms. The Hall–Kier alpha value is -2.43. The molecule has 1 saturated heterocycles. The summed E-state index contributed by atoms with van der Waals surface area (Å²) in [6, 6.07) is 11.2. The maximum atomic E-state index is 12.9. The highest BCUT2D eigenvalue weighted by atomic mass is 32.2. The van der Waals surface area contributed by atoms with Gasteiger partial charge in [-0.3, -0.25) is 4.79 Å². The van der Waals surface area contributed by atoms with Crippen molar-refractivity contribution >= 4 is 31.6 Å².